The molecule has 0 aromatic rings. The summed E-state index contributed by atoms with van der Waals surface area (Å²) in [6.45, 7) is 10.0. The first-order chi connectivity index (χ1) is 6.06. The van der Waals surface area contributed by atoms with E-state index in [1.54, 1.807) is 0 Å². The van der Waals surface area contributed by atoms with Crippen LogP contribution in [0.1, 0.15) is 40.0 Å². The number of hydrogen-bond acceptors (Lipinski definition) is 1. The van der Waals surface area contributed by atoms with Gasteiger partial charge in [-0.3, -0.25) is 0 Å². The van der Waals surface area contributed by atoms with Gasteiger partial charge in [-0.1, -0.05) is 51.0 Å². The summed E-state index contributed by atoms with van der Waals surface area (Å²) in [6, 6.07) is 0. The van der Waals surface area contributed by atoms with Gasteiger partial charge in [0.25, 0.3) is 0 Å². The third kappa shape index (κ3) is 7.79. The van der Waals surface area contributed by atoms with Gasteiger partial charge in [0.1, 0.15) is 0 Å². The van der Waals surface area contributed by atoms with Gasteiger partial charge >= 0.3 is 0 Å². The standard InChI is InChI=1S/C12H22O/c1-5-6-11(4)9-12(13)8-7-10(2)3/h7-8,11-13H,2,5-6,9H2,1,3-4H3. The normalized spacial score (nSPS) is 16.0. The van der Waals surface area contributed by atoms with Crippen LogP contribution in [0.3, 0.4) is 0 Å². The van der Waals surface area contributed by atoms with E-state index in [-0.39, 0.29) is 6.10 Å². The van der Waals surface area contributed by atoms with E-state index in [0.717, 1.165) is 12.0 Å². The average Bonchev–Trinajstić information content (AvgIpc) is 2.01. The summed E-state index contributed by atoms with van der Waals surface area (Å²) in [5, 5.41) is 9.57. The van der Waals surface area contributed by atoms with E-state index in [1.807, 2.05) is 19.1 Å². The molecular formula is C12H22O. The lowest BCUT2D eigenvalue weighted by atomic mass is 9.98. The molecule has 1 heteroatoms. The molecule has 13 heavy (non-hydrogen) atoms. The van der Waals surface area contributed by atoms with Gasteiger partial charge in [-0.25, -0.2) is 0 Å². The van der Waals surface area contributed by atoms with Crippen LogP contribution in [-0.4, -0.2) is 11.2 Å². The molecule has 0 saturated heterocycles. The second-order valence-corrected chi connectivity index (χ2v) is 3.90. The van der Waals surface area contributed by atoms with Crippen molar-refractivity contribution in [1.29, 1.82) is 0 Å². The first-order valence-electron chi connectivity index (χ1n) is 5.08. The molecule has 0 aromatic heterocycles. The fraction of sp³-hybridized carbons (Fsp3) is 0.667. The zero-order valence-electron chi connectivity index (χ0n) is 9.09. The molecule has 1 N–H and O–H groups in total. The highest BCUT2D eigenvalue weighted by molar-refractivity contribution is 5.12. The second kappa shape index (κ2) is 6.90. The van der Waals surface area contributed by atoms with Crippen molar-refractivity contribution in [1.82, 2.24) is 0 Å². The van der Waals surface area contributed by atoms with Crippen LogP contribution in [0, 0.1) is 5.92 Å². The molecule has 0 aromatic carbocycles. The Kier molecular flexibility index (Phi) is 6.61. The molecule has 0 saturated carbocycles. The summed E-state index contributed by atoms with van der Waals surface area (Å²) >= 11 is 0. The van der Waals surface area contributed by atoms with Crippen LogP contribution in [0.2, 0.25) is 0 Å². The maximum absolute atomic E-state index is 9.57. The Labute approximate surface area is 82.2 Å². The topological polar surface area (TPSA) is 20.2 Å². The molecule has 0 bridgehead atoms. The highest BCUT2D eigenvalue weighted by atomic mass is 16.3. The highest BCUT2D eigenvalue weighted by Gasteiger charge is 2.05. The molecule has 0 aliphatic rings. The van der Waals surface area contributed by atoms with Crippen LogP contribution < -0.4 is 0 Å². The van der Waals surface area contributed by atoms with E-state index in [1.165, 1.54) is 12.8 Å². The predicted octanol–water partition coefficient (Wildman–Crippen LogP) is 3.31. The minimum atomic E-state index is -0.307. The zero-order valence-corrected chi connectivity index (χ0v) is 9.09. The highest BCUT2D eigenvalue weighted by Crippen LogP contribution is 2.13. The van der Waals surface area contributed by atoms with Crippen LogP contribution in [0.25, 0.3) is 0 Å². The average molecular weight is 182 g/mol. The number of allylic oxidation sites excluding steroid dienone is 2. The maximum atomic E-state index is 9.57. The molecular weight excluding hydrogens is 160 g/mol. The first kappa shape index (κ1) is 12.4. The minimum absolute atomic E-state index is 0.307. The molecule has 0 heterocycles. The van der Waals surface area contributed by atoms with Crippen molar-refractivity contribution in [2.75, 3.05) is 0 Å². The van der Waals surface area contributed by atoms with Crippen LogP contribution >= 0.6 is 0 Å². The quantitative estimate of drug-likeness (QED) is 0.625. The van der Waals surface area contributed by atoms with E-state index in [2.05, 4.69) is 20.4 Å². The van der Waals surface area contributed by atoms with Gasteiger partial charge in [0, 0.05) is 0 Å². The molecule has 2 atom stereocenters. The lowest BCUT2D eigenvalue weighted by Gasteiger charge is -2.12. The molecule has 0 radical (unpaired) electrons. The van der Waals surface area contributed by atoms with Crippen molar-refractivity contribution >= 4 is 0 Å². The van der Waals surface area contributed by atoms with E-state index in [0.29, 0.717) is 5.92 Å². The Morgan fingerprint density at radius 2 is 2.15 bits per heavy atom. The van der Waals surface area contributed by atoms with Gasteiger partial charge in [-0.15, -0.1) is 0 Å². The van der Waals surface area contributed by atoms with Crippen LogP contribution in [0.5, 0.6) is 0 Å². The van der Waals surface area contributed by atoms with Gasteiger partial charge in [-0.05, 0) is 19.3 Å². The Bertz CT molecular complexity index is 170. The summed E-state index contributed by atoms with van der Waals surface area (Å²) in [4.78, 5) is 0. The van der Waals surface area contributed by atoms with E-state index in [4.69, 9.17) is 0 Å². The molecule has 0 fully saturated rings. The Morgan fingerprint density at radius 1 is 1.54 bits per heavy atom. The summed E-state index contributed by atoms with van der Waals surface area (Å²) in [5.41, 5.74) is 0.988. The number of rotatable bonds is 6. The molecule has 0 rings (SSSR count). The maximum Gasteiger partial charge on any atom is 0.0726 e. The van der Waals surface area contributed by atoms with Crippen molar-refractivity contribution < 1.29 is 5.11 Å². The van der Waals surface area contributed by atoms with Crippen LogP contribution in [0.4, 0.5) is 0 Å². The van der Waals surface area contributed by atoms with Crippen molar-refractivity contribution in [3.63, 3.8) is 0 Å². The molecule has 76 valence electrons. The molecule has 2 unspecified atom stereocenters. The number of aliphatic hydroxyl groups excluding tert-OH is 1. The third-order valence-electron chi connectivity index (χ3n) is 2.03. The van der Waals surface area contributed by atoms with Gasteiger partial charge in [0.15, 0.2) is 0 Å². The Morgan fingerprint density at radius 3 is 2.62 bits per heavy atom. The molecule has 1 nitrogen and oxygen atoms in total. The molecule has 0 spiro atoms. The Balaban J connectivity index is 3.72. The van der Waals surface area contributed by atoms with Crippen molar-refractivity contribution in [2.24, 2.45) is 5.92 Å². The SMILES string of the molecule is C=C(C)C=CC(O)CC(C)CCC. The fourth-order valence-electron chi connectivity index (χ4n) is 1.38. The summed E-state index contributed by atoms with van der Waals surface area (Å²) < 4.78 is 0. The largest absolute Gasteiger partial charge is 0.389 e. The molecule has 0 aliphatic carbocycles. The van der Waals surface area contributed by atoms with Crippen molar-refractivity contribution in [3.8, 4) is 0 Å². The summed E-state index contributed by atoms with van der Waals surface area (Å²) in [7, 11) is 0. The molecule has 0 aliphatic heterocycles. The van der Waals surface area contributed by atoms with Gasteiger partial charge in [-0.2, -0.15) is 0 Å². The van der Waals surface area contributed by atoms with E-state index in [9.17, 15) is 5.11 Å². The second-order valence-electron chi connectivity index (χ2n) is 3.90. The van der Waals surface area contributed by atoms with Crippen molar-refractivity contribution in [2.45, 2.75) is 46.1 Å². The zero-order chi connectivity index (χ0) is 10.3. The smallest absolute Gasteiger partial charge is 0.0726 e. The van der Waals surface area contributed by atoms with Gasteiger partial charge in [0.05, 0.1) is 6.10 Å². The monoisotopic (exact) mass is 182 g/mol. The van der Waals surface area contributed by atoms with Crippen LogP contribution in [-0.2, 0) is 0 Å². The third-order valence-corrected chi connectivity index (χ3v) is 2.03. The predicted molar refractivity (Wildman–Crippen MR) is 58.6 cm³/mol. The molecule has 0 amide bonds. The van der Waals surface area contributed by atoms with E-state index >= 15 is 0 Å². The first-order valence-corrected chi connectivity index (χ1v) is 5.08. The lowest BCUT2D eigenvalue weighted by molar-refractivity contribution is 0.188. The number of hydrogen-bond donors (Lipinski definition) is 1. The van der Waals surface area contributed by atoms with Gasteiger partial charge < -0.3 is 5.11 Å². The summed E-state index contributed by atoms with van der Waals surface area (Å²) in [5.74, 6) is 0.606. The fourth-order valence-corrected chi connectivity index (χ4v) is 1.38. The van der Waals surface area contributed by atoms with Crippen molar-refractivity contribution in [3.05, 3.63) is 24.3 Å². The van der Waals surface area contributed by atoms with Gasteiger partial charge in [0.2, 0.25) is 0 Å². The Hall–Kier alpha value is -0.560. The van der Waals surface area contributed by atoms with Crippen LogP contribution in [0.15, 0.2) is 24.3 Å². The lowest BCUT2D eigenvalue weighted by Crippen LogP contribution is -2.08. The minimum Gasteiger partial charge on any atom is -0.389 e. The summed E-state index contributed by atoms with van der Waals surface area (Å²) in [6.07, 6.45) is 6.64. The van der Waals surface area contributed by atoms with E-state index < -0.39 is 0 Å². The number of aliphatic hydroxyl groups is 1.